The minimum Gasteiger partial charge on any atom is -0.454 e. The number of halogens is 1. The normalized spacial score (nSPS) is 13.1. The van der Waals surface area contributed by atoms with Gasteiger partial charge in [-0.2, -0.15) is 0 Å². The first-order chi connectivity index (χ1) is 9.29. The van der Waals surface area contributed by atoms with Gasteiger partial charge in [-0.15, -0.1) is 0 Å². The maximum atomic E-state index is 5.37. The fourth-order valence-corrected chi connectivity index (χ4v) is 2.37. The molecular weight excluding hydrogens is 310 g/mol. The first-order valence-electron chi connectivity index (χ1n) is 5.71. The van der Waals surface area contributed by atoms with Crippen LogP contribution in [0.3, 0.4) is 0 Å². The van der Waals surface area contributed by atoms with Crippen molar-refractivity contribution >= 4 is 27.1 Å². The summed E-state index contributed by atoms with van der Waals surface area (Å²) in [6.07, 6.45) is 1.74. The highest BCUT2D eigenvalue weighted by Crippen LogP contribution is 2.35. The summed E-state index contributed by atoms with van der Waals surface area (Å²) < 4.78 is 11.6. The van der Waals surface area contributed by atoms with Gasteiger partial charge < -0.3 is 14.5 Å². The Morgan fingerprint density at radius 3 is 3.00 bits per heavy atom. The van der Waals surface area contributed by atoms with Crippen LogP contribution >= 0.6 is 15.9 Å². The second-order valence-electron chi connectivity index (χ2n) is 4.17. The van der Waals surface area contributed by atoms with Crippen LogP contribution in [0.15, 0.2) is 34.9 Å². The molecule has 0 amide bonds. The van der Waals surface area contributed by atoms with E-state index >= 15 is 0 Å². The van der Waals surface area contributed by atoms with Gasteiger partial charge in [0, 0.05) is 16.2 Å². The van der Waals surface area contributed by atoms with Gasteiger partial charge in [-0.25, -0.2) is 9.97 Å². The zero-order valence-corrected chi connectivity index (χ0v) is 11.3. The molecule has 2 aromatic heterocycles. The standard InChI is InChI=1S/C13H8BrN3O2/c14-8-4-9-13(15-5-8)17-12(16-9)7-1-2-10-11(3-7)19-6-18-10/h1-5H,6H2,(H,15,16,17). The second-order valence-corrected chi connectivity index (χ2v) is 5.09. The Hall–Kier alpha value is -2.08. The maximum Gasteiger partial charge on any atom is 0.231 e. The molecule has 19 heavy (non-hydrogen) atoms. The van der Waals surface area contributed by atoms with Crippen molar-refractivity contribution in [1.82, 2.24) is 15.0 Å². The van der Waals surface area contributed by atoms with Gasteiger partial charge in [-0.1, -0.05) is 0 Å². The number of H-pyrrole nitrogens is 1. The van der Waals surface area contributed by atoms with E-state index < -0.39 is 0 Å². The topological polar surface area (TPSA) is 60.0 Å². The summed E-state index contributed by atoms with van der Waals surface area (Å²) in [5.74, 6) is 2.27. The van der Waals surface area contributed by atoms with Crippen molar-refractivity contribution in [2.24, 2.45) is 0 Å². The van der Waals surface area contributed by atoms with E-state index in [1.165, 1.54) is 0 Å². The molecule has 4 rings (SSSR count). The van der Waals surface area contributed by atoms with Gasteiger partial charge in [0.1, 0.15) is 11.3 Å². The zero-order chi connectivity index (χ0) is 12.8. The minimum atomic E-state index is 0.271. The molecule has 6 heteroatoms. The molecule has 1 aliphatic heterocycles. The molecule has 0 radical (unpaired) electrons. The molecule has 0 spiro atoms. The summed E-state index contributed by atoms with van der Waals surface area (Å²) in [6, 6.07) is 7.67. The minimum absolute atomic E-state index is 0.271. The van der Waals surface area contributed by atoms with Crippen molar-refractivity contribution in [2.75, 3.05) is 6.79 Å². The van der Waals surface area contributed by atoms with E-state index in [9.17, 15) is 0 Å². The van der Waals surface area contributed by atoms with E-state index in [-0.39, 0.29) is 6.79 Å². The van der Waals surface area contributed by atoms with E-state index in [2.05, 4.69) is 30.9 Å². The van der Waals surface area contributed by atoms with Crippen molar-refractivity contribution in [3.8, 4) is 22.9 Å². The largest absolute Gasteiger partial charge is 0.454 e. The molecule has 3 heterocycles. The lowest BCUT2D eigenvalue weighted by Crippen LogP contribution is -1.92. The van der Waals surface area contributed by atoms with Gasteiger partial charge in [0.2, 0.25) is 6.79 Å². The summed E-state index contributed by atoms with van der Waals surface area (Å²) in [4.78, 5) is 12.0. The Balaban J connectivity index is 1.85. The molecule has 0 unspecified atom stereocenters. The van der Waals surface area contributed by atoms with E-state index in [1.807, 2.05) is 24.3 Å². The Kier molecular flexibility index (Phi) is 2.25. The number of hydrogen-bond donors (Lipinski definition) is 1. The molecule has 94 valence electrons. The van der Waals surface area contributed by atoms with Gasteiger partial charge in [-0.3, -0.25) is 0 Å². The molecule has 5 nitrogen and oxygen atoms in total. The number of nitrogens with zero attached hydrogens (tertiary/aromatic N) is 2. The lowest BCUT2D eigenvalue weighted by molar-refractivity contribution is 0.174. The third kappa shape index (κ3) is 1.76. The molecule has 1 N–H and O–H groups in total. The highest BCUT2D eigenvalue weighted by atomic mass is 79.9. The van der Waals surface area contributed by atoms with Crippen molar-refractivity contribution in [1.29, 1.82) is 0 Å². The molecular formula is C13H8BrN3O2. The van der Waals surface area contributed by atoms with E-state index in [0.29, 0.717) is 0 Å². The third-order valence-electron chi connectivity index (χ3n) is 2.95. The number of rotatable bonds is 1. The van der Waals surface area contributed by atoms with E-state index in [0.717, 1.165) is 38.5 Å². The SMILES string of the molecule is Brc1cnc2[nH]c(-c3ccc4c(c3)OCO4)nc2c1. The average Bonchev–Trinajstić information content (AvgIpc) is 3.02. The van der Waals surface area contributed by atoms with Crippen LogP contribution in [-0.4, -0.2) is 21.7 Å². The molecule has 1 aliphatic rings. The van der Waals surface area contributed by atoms with Gasteiger partial charge in [0.15, 0.2) is 17.1 Å². The highest BCUT2D eigenvalue weighted by molar-refractivity contribution is 9.10. The number of benzene rings is 1. The van der Waals surface area contributed by atoms with Gasteiger partial charge >= 0.3 is 0 Å². The van der Waals surface area contributed by atoms with E-state index in [1.54, 1.807) is 6.20 Å². The third-order valence-corrected chi connectivity index (χ3v) is 3.38. The van der Waals surface area contributed by atoms with Crippen LogP contribution in [0.4, 0.5) is 0 Å². The summed E-state index contributed by atoms with van der Waals surface area (Å²) in [5, 5.41) is 0. The Labute approximate surface area is 116 Å². The van der Waals surface area contributed by atoms with Crippen LogP contribution in [0.1, 0.15) is 0 Å². The maximum absolute atomic E-state index is 5.37. The Bertz CT molecular complexity index is 785. The summed E-state index contributed by atoms with van der Waals surface area (Å²) in [6.45, 7) is 0.271. The second kappa shape index (κ2) is 3.96. The van der Waals surface area contributed by atoms with Crippen molar-refractivity contribution in [3.63, 3.8) is 0 Å². The Morgan fingerprint density at radius 2 is 2.05 bits per heavy atom. The van der Waals surface area contributed by atoms with Crippen LogP contribution in [0.2, 0.25) is 0 Å². The van der Waals surface area contributed by atoms with E-state index in [4.69, 9.17) is 9.47 Å². The van der Waals surface area contributed by atoms with Crippen LogP contribution in [0.25, 0.3) is 22.6 Å². The number of aromatic nitrogens is 3. The molecule has 0 bridgehead atoms. The highest BCUT2D eigenvalue weighted by Gasteiger charge is 2.15. The predicted molar refractivity (Wildman–Crippen MR) is 73.1 cm³/mol. The number of aromatic amines is 1. The smallest absolute Gasteiger partial charge is 0.231 e. The molecule has 0 fully saturated rings. The van der Waals surface area contributed by atoms with Crippen molar-refractivity contribution in [2.45, 2.75) is 0 Å². The molecule has 1 aromatic carbocycles. The fraction of sp³-hybridized carbons (Fsp3) is 0.0769. The molecule has 3 aromatic rings. The lowest BCUT2D eigenvalue weighted by Gasteiger charge is -1.99. The zero-order valence-electron chi connectivity index (χ0n) is 9.68. The number of fused-ring (bicyclic) bond motifs is 2. The molecule has 0 saturated carbocycles. The van der Waals surface area contributed by atoms with Crippen LogP contribution in [0.5, 0.6) is 11.5 Å². The predicted octanol–water partition coefficient (Wildman–Crippen LogP) is 3.12. The van der Waals surface area contributed by atoms with Gasteiger partial charge in [0.05, 0.1) is 0 Å². The Morgan fingerprint density at radius 1 is 1.16 bits per heavy atom. The summed E-state index contributed by atoms with van der Waals surface area (Å²) in [7, 11) is 0. The van der Waals surface area contributed by atoms with Crippen LogP contribution in [-0.2, 0) is 0 Å². The first-order valence-corrected chi connectivity index (χ1v) is 6.50. The molecule has 0 saturated heterocycles. The lowest BCUT2D eigenvalue weighted by atomic mass is 10.2. The first kappa shape index (κ1) is 10.8. The molecule has 0 aliphatic carbocycles. The van der Waals surface area contributed by atoms with Gasteiger partial charge in [0.25, 0.3) is 0 Å². The number of pyridine rings is 1. The quantitative estimate of drug-likeness (QED) is 0.749. The average molecular weight is 318 g/mol. The van der Waals surface area contributed by atoms with Crippen LogP contribution < -0.4 is 9.47 Å². The van der Waals surface area contributed by atoms with Gasteiger partial charge in [-0.05, 0) is 40.2 Å². The number of hydrogen-bond acceptors (Lipinski definition) is 4. The summed E-state index contributed by atoms with van der Waals surface area (Å²) in [5.41, 5.74) is 2.52. The number of nitrogens with one attached hydrogen (secondary N) is 1. The van der Waals surface area contributed by atoms with Crippen molar-refractivity contribution < 1.29 is 9.47 Å². The van der Waals surface area contributed by atoms with Crippen LogP contribution in [0, 0.1) is 0 Å². The fourth-order valence-electron chi connectivity index (χ4n) is 2.05. The summed E-state index contributed by atoms with van der Waals surface area (Å²) >= 11 is 3.39. The monoisotopic (exact) mass is 317 g/mol. The molecule has 0 atom stereocenters. The number of imidazole rings is 1. The number of ether oxygens (including phenoxy) is 2. The van der Waals surface area contributed by atoms with Crippen molar-refractivity contribution in [3.05, 3.63) is 34.9 Å².